The summed E-state index contributed by atoms with van der Waals surface area (Å²) < 4.78 is 0. The average molecular weight is 1390 g/mol. The first-order valence-corrected chi connectivity index (χ1v) is 36.6. The zero-order chi connectivity index (χ0) is 71.9. The Bertz CT molecular complexity index is 5940. The van der Waals surface area contributed by atoms with Gasteiger partial charge in [-0.15, -0.1) is 0 Å². The van der Waals surface area contributed by atoms with Crippen molar-refractivity contribution in [2.75, 3.05) is 10.2 Å². The number of allylic oxidation sites excluding steroid dienone is 6. The quantitative estimate of drug-likeness (QED) is 0.103. The minimum Gasteiger partial charge on any atom is -0.356 e. The lowest BCUT2D eigenvalue weighted by molar-refractivity contribution is 1.28. The van der Waals surface area contributed by atoms with E-state index in [1.807, 2.05) is 42.5 Å². The summed E-state index contributed by atoms with van der Waals surface area (Å²) in [5, 5.41) is 9.29. The van der Waals surface area contributed by atoms with Crippen LogP contribution in [0.15, 0.2) is 443 Å². The second-order valence-corrected chi connectivity index (χ2v) is 27.0. The van der Waals surface area contributed by atoms with E-state index >= 15 is 0 Å². The summed E-state index contributed by atoms with van der Waals surface area (Å²) in [7, 11) is 0. The molecule has 0 aliphatic heterocycles. The van der Waals surface area contributed by atoms with Gasteiger partial charge < -0.3 is 10.2 Å². The molecule has 0 unspecified atom stereocenters. The molecule has 17 aromatic carbocycles. The summed E-state index contributed by atoms with van der Waals surface area (Å²) in [5.41, 5.74) is 29.6. The molecule has 0 atom stereocenters. The molecule has 0 spiro atoms. The number of hydrogen-bond donors (Lipinski definition) is 1. The molecule has 107 heavy (non-hydrogen) atoms. The normalized spacial score (nSPS) is 11.3. The van der Waals surface area contributed by atoms with E-state index in [4.69, 9.17) is 11.6 Å². The van der Waals surface area contributed by atoms with E-state index in [1.54, 1.807) is 0 Å². The smallest absolute Gasteiger partial charge is 0.111 e. The lowest BCUT2D eigenvalue weighted by Gasteiger charge is -2.26. The minimum absolute atomic E-state index is 0.752. The Morgan fingerprint density at radius 1 is 0.224 bits per heavy atom. The van der Waals surface area contributed by atoms with Crippen molar-refractivity contribution in [3.63, 3.8) is 0 Å². The lowest BCUT2D eigenvalue weighted by Crippen LogP contribution is -2.09. The highest BCUT2D eigenvalue weighted by Gasteiger charge is 2.18. The number of rotatable bonds is 15. The topological polar surface area (TPSA) is 15.3 Å². The fourth-order valence-corrected chi connectivity index (χ4v) is 14.1. The first kappa shape index (κ1) is 67.7. The molecular formula is C104H74ClN2+. The molecule has 17 aromatic rings. The summed E-state index contributed by atoms with van der Waals surface area (Å²) in [6.45, 7) is 0. The molecule has 0 bridgehead atoms. The van der Waals surface area contributed by atoms with Crippen LogP contribution in [0.1, 0.15) is 5.56 Å². The third kappa shape index (κ3) is 16.1. The van der Waals surface area contributed by atoms with Crippen molar-refractivity contribution in [3.8, 4) is 100 Å². The van der Waals surface area contributed by atoms with Crippen molar-refractivity contribution in [1.29, 1.82) is 0 Å². The maximum atomic E-state index is 6.03. The standard InChI is InChI=1S/C52H37N.C28H21N.C24H16Cl/c1-4-12-38(13-5-1)40-22-29-48(30-23-40)53(49-31-24-41(25-32-49)46-21-20-39-14-10-11-19-45(39)36-46)50-33-26-42(27-34-50)47-28-35-51(43-15-6-2-7-16-43)52(37-47)44-17-8-3-9-18-44;1-2-6-21(7-3-1)23-12-16-27(17-13-23)29-28-18-14-24(15-19-28)26-11-10-22-8-4-5-9-25(22)20-26;25-22-14-11-18(12-15-22)21-13-16-23(19-7-3-1-4-8-19)24(17-21)20-9-5-2-6-10-20/h1-37H;1-20,29H;1-5,7-17H/q;;+1. The Morgan fingerprint density at radius 3 is 0.907 bits per heavy atom. The predicted octanol–water partition coefficient (Wildman–Crippen LogP) is 29.5. The van der Waals surface area contributed by atoms with Gasteiger partial charge in [0.2, 0.25) is 0 Å². The molecule has 0 fully saturated rings. The number of halogens is 1. The molecule has 0 radical (unpaired) electrons. The number of benzene rings is 17. The summed E-state index contributed by atoms with van der Waals surface area (Å²) in [5.74, 6) is 0. The molecule has 0 heterocycles. The largest absolute Gasteiger partial charge is 0.356 e. The van der Waals surface area contributed by atoms with Crippen molar-refractivity contribution in [3.05, 3.63) is 460 Å². The molecule has 18 rings (SSSR count). The van der Waals surface area contributed by atoms with Gasteiger partial charge in [0.25, 0.3) is 0 Å². The highest BCUT2D eigenvalue weighted by Crippen LogP contribution is 2.42. The van der Waals surface area contributed by atoms with Crippen molar-refractivity contribution >= 4 is 67.2 Å². The molecule has 0 aromatic heterocycles. The van der Waals surface area contributed by atoms with Gasteiger partial charge in [0.05, 0.1) is 11.6 Å². The number of nitrogens with zero attached hydrogens (tertiary/aromatic N) is 1. The molecule has 3 heteroatoms. The molecule has 2 nitrogen and oxygen atoms in total. The number of anilines is 5. The van der Waals surface area contributed by atoms with E-state index in [-0.39, 0.29) is 0 Å². The third-order valence-corrected chi connectivity index (χ3v) is 19.9. The third-order valence-electron chi connectivity index (χ3n) is 19.6. The maximum absolute atomic E-state index is 6.03. The van der Waals surface area contributed by atoms with E-state index in [1.165, 1.54) is 122 Å². The van der Waals surface area contributed by atoms with Crippen LogP contribution in [0.5, 0.6) is 0 Å². The molecule has 0 saturated heterocycles. The van der Waals surface area contributed by atoms with Gasteiger partial charge in [0, 0.05) is 56.7 Å². The fourth-order valence-electron chi connectivity index (χ4n) is 14.0. The fraction of sp³-hybridized carbons (Fsp3) is 0. The highest BCUT2D eigenvalue weighted by atomic mass is 35.5. The van der Waals surface area contributed by atoms with Crippen LogP contribution in [0.3, 0.4) is 0 Å². The van der Waals surface area contributed by atoms with Gasteiger partial charge in [0.1, 0.15) is 12.2 Å². The second kappa shape index (κ2) is 32.3. The van der Waals surface area contributed by atoms with Gasteiger partial charge in [-0.25, -0.2) is 0 Å². The Morgan fingerprint density at radius 2 is 0.514 bits per heavy atom. The zero-order valence-corrected chi connectivity index (χ0v) is 59.7. The van der Waals surface area contributed by atoms with Crippen LogP contribution in [-0.2, 0) is 0 Å². The molecule has 506 valence electrons. The molecular weight excluding hydrogens is 1310 g/mol. The maximum Gasteiger partial charge on any atom is 0.111 e. The summed E-state index contributed by atoms with van der Waals surface area (Å²) in [6, 6.07) is 149. The van der Waals surface area contributed by atoms with Gasteiger partial charge >= 0.3 is 0 Å². The van der Waals surface area contributed by atoms with E-state index < -0.39 is 0 Å². The van der Waals surface area contributed by atoms with Gasteiger partial charge in [-0.1, -0.05) is 333 Å². The van der Waals surface area contributed by atoms with Crippen LogP contribution in [-0.4, -0.2) is 0 Å². The molecule has 1 N–H and O–H groups in total. The van der Waals surface area contributed by atoms with Crippen LogP contribution in [0, 0.1) is 6.08 Å². The Hall–Kier alpha value is -13.7. The lowest BCUT2D eigenvalue weighted by atomic mass is 9.90. The monoisotopic (exact) mass is 1390 g/mol. The van der Waals surface area contributed by atoms with Crippen LogP contribution >= 0.6 is 11.6 Å². The van der Waals surface area contributed by atoms with E-state index in [2.05, 4.69) is 417 Å². The van der Waals surface area contributed by atoms with Crippen LogP contribution in [0.2, 0.25) is 5.02 Å². The Labute approximate surface area is 632 Å². The molecule has 0 amide bonds. The van der Waals surface area contributed by atoms with E-state index in [0.717, 1.165) is 44.6 Å². The van der Waals surface area contributed by atoms with Crippen LogP contribution in [0.4, 0.5) is 28.4 Å². The summed E-state index contributed by atoms with van der Waals surface area (Å²) in [6.07, 6.45) is 11.3. The van der Waals surface area contributed by atoms with Crippen LogP contribution < -0.4 is 10.2 Å². The van der Waals surface area contributed by atoms with Crippen molar-refractivity contribution in [2.24, 2.45) is 0 Å². The van der Waals surface area contributed by atoms with Gasteiger partial charge in [-0.3, -0.25) is 0 Å². The number of fused-ring (bicyclic) bond motifs is 2. The second-order valence-electron chi connectivity index (χ2n) is 26.5. The Kier molecular flexibility index (Phi) is 20.5. The molecule has 1 aliphatic carbocycles. The van der Waals surface area contributed by atoms with Gasteiger partial charge in [0.15, 0.2) is 0 Å². The van der Waals surface area contributed by atoms with Crippen molar-refractivity contribution < 1.29 is 0 Å². The van der Waals surface area contributed by atoms with E-state index in [0.29, 0.717) is 0 Å². The Balaban J connectivity index is 0.000000136. The molecule has 0 saturated carbocycles. The van der Waals surface area contributed by atoms with E-state index in [9.17, 15) is 0 Å². The first-order valence-electron chi connectivity index (χ1n) is 36.3. The van der Waals surface area contributed by atoms with Crippen LogP contribution in [0.25, 0.3) is 127 Å². The number of nitrogens with one attached hydrogen (secondary N) is 1. The average Bonchev–Trinajstić information content (AvgIpc) is 0.799. The van der Waals surface area contributed by atoms with Gasteiger partial charge in [-0.05, 0) is 213 Å². The SMILES string of the molecule is Clc1ccc(-c2ccc(-c3ccccc3)c(C3=CC=C[C+]=C3)c2)cc1.c1ccc(-c2ccc(N(c3ccc(-c4ccc(-c5ccccc5)c(-c5ccccc5)c4)cc3)c3ccc(-c4ccc5ccccc5c4)cc3)cc2)cc1.c1ccc(-c2ccc(Nc3ccc(-c4ccc5ccccc5c4)cc3)cc2)cc1. The highest BCUT2D eigenvalue weighted by molar-refractivity contribution is 6.30. The van der Waals surface area contributed by atoms with Crippen molar-refractivity contribution in [2.45, 2.75) is 0 Å². The summed E-state index contributed by atoms with van der Waals surface area (Å²) >= 11 is 6.03. The predicted molar refractivity (Wildman–Crippen MR) is 458 cm³/mol. The minimum atomic E-state index is 0.752. The summed E-state index contributed by atoms with van der Waals surface area (Å²) in [4.78, 5) is 2.34. The van der Waals surface area contributed by atoms with Gasteiger partial charge in [-0.2, -0.15) is 0 Å². The zero-order valence-electron chi connectivity index (χ0n) is 59.0. The van der Waals surface area contributed by atoms with Crippen molar-refractivity contribution in [1.82, 2.24) is 0 Å². The molecule has 1 aliphatic rings. The first-order chi connectivity index (χ1) is 52.9. The number of hydrogen-bond acceptors (Lipinski definition) is 2.